The van der Waals surface area contributed by atoms with E-state index in [0.29, 0.717) is 0 Å². The van der Waals surface area contributed by atoms with Crippen molar-refractivity contribution < 1.29 is 27.1 Å². The summed E-state index contributed by atoms with van der Waals surface area (Å²) in [6.07, 6.45) is -2.57. The van der Waals surface area contributed by atoms with E-state index in [9.17, 15) is 18.0 Å². The number of fused-ring (bicyclic) bond motifs is 1. The number of halogens is 3. The van der Waals surface area contributed by atoms with Crippen LogP contribution in [0.4, 0.5) is 13.2 Å². The Bertz CT molecular complexity index is 946. The number of hydrogen-bond donors (Lipinski definition) is 1. The Balaban J connectivity index is 2.49. The Hall–Kier alpha value is -2.97. The first-order chi connectivity index (χ1) is 11.4. The van der Waals surface area contributed by atoms with E-state index in [0.717, 1.165) is 6.20 Å². The summed E-state index contributed by atoms with van der Waals surface area (Å²) in [4.78, 5) is 12.7. The van der Waals surface area contributed by atoms with Crippen LogP contribution in [-0.4, -0.2) is 24.4 Å². The molecule has 0 aliphatic carbocycles. The molecule has 3 aromatic rings. The van der Waals surface area contributed by atoms with Gasteiger partial charge in [0.2, 0.25) is 16.9 Å². The summed E-state index contributed by atoms with van der Waals surface area (Å²) in [7, 11) is 2.57. The number of aromatic nitrogens is 2. The normalized spacial score (nSPS) is 11.7. The standard InChI is InChI=1S/C15H11F3N2O4/c1-22-9-4-3-8-11(21)10(7-5-19-20-6-7)14(15(16,17)18)24-12(8)13(9)23-2/h3-6H,1-2H3,(H,19,20). The number of methoxy groups -OCH3 is 2. The molecule has 3 rings (SSSR count). The summed E-state index contributed by atoms with van der Waals surface area (Å²) >= 11 is 0. The highest BCUT2D eigenvalue weighted by Crippen LogP contribution is 2.41. The summed E-state index contributed by atoms with van der Waals surface area (Å²) in [5.41, 5.74) is -1.81. The van der Waals surface area contributed by atoms with Crippen LogP contribution in [0.1, 0.15) is 5.76 Å². The van der Waals surface area contributed by atoms with Gasteiger partial charge >= 0.3 is 6.18 Å². The fourth-order valence-electron chi connectivity index (χ4n) is 2.42. The zero-order valence-electron chi connectivity index (χ0n) is 12.5. The molecular weight excluding hydrogens is 329 g/mol. The minimum Gasteiger partial charge on any atom is -0.493 e. The van der Waals surface area contributed by atoms with Crippen molar-refractivity contribution in [2.45, 2.75) is 6.18 Å². The van der Waals surface area contributed by atoms with Gasteiger partial charge in [-0.05, 0) is 12.1 Å². The molecule has 6 nitrogen and oxygen atoms in total. The average molecular weight is 340 g/mol. The SMILES string of the molecule is COc1ccc2c(=O)c(-c3cn[nH]c3)c(C(F)(F)F)oc2c1OC. The largest absolute Gasteiger partial charge is 0.493 e. The van der Waals surface area contributed by atoms with E-state index in [2.05, 4.69) is 10.2 Å². The van der Waals surface area contributed by atoms with Crippen LogP contribution < -0.4 is 14.9 Å². The van der Waals surface area contributed by atoms with Gasteiger partial charge in [0.05, 0.1) is 31.4 Å². The zero-order valence-corrected chi connectivity index (χ0v) is 12.5. The molecule has 0 radical (unpaired) electrons. The molecular formula is C15H11F3N2O4. The number of alkyl halides is 3. The van der Waals surface area contributed by atoms with Crippen molar-refractivity contribution in [1.82, 2.24) is 10.2 Å². The van der Waals surface area contributed by atoms with Gasteiger partial charge in [-0.2, -0.15) is 18.3 Å². The van der Waals surface area contributed by atoms with Gasteiger partial charge in [-0.3, -0.25) is 9.89 Å². The third-order valence-electron chi connectivity index (χ3n) is 3.45. The van der Waals surface area contributed by atoms with Crippen LogP contribution in [0.15, 0.2) is 33.7 Å². The van der Waals surface area contributed by atoms with Crippen LogP contribution in [0, 0.1) is 0 Å². The van der Waals surface area contributed by atoms with E-state index >= 15 is 0 Å². The zero-order chi connectivity index (χ0) is 17.5. The lowest BCUT2D eigenvalue weighted by Crippen LogP contribution is -2.16. The molecule has 0 fully saturated rings. The smallest absolute Gasteiger partial charge is 0.450 e. The quantitative estimate of drug-likeness (QED) is 0.792. The number of nitrogens with one attached hydrogen (secondary N) is 1. The maximum Gasteiger partial charge on any atom is 0.450 e. The lowest BCUT2D eigenvalue weighted by Gasteiger charge is -2.14. The molecule has 0 saturated carbocycles. The van der Waals surface area contributed by atoms with Crippen molar-refractivity contribution in [3.05, 3.63) is 40.5 Å². The molecule has 0 atom stereocenters. The predicted octanol–water partition coefficient (Wildman–Crippen LogP) is 3.22. The van der Waals surface area contributed by atoms with Gasteiger partial charge in [-0.25, -0.2) is 0 Å². The Morgan fingerprint density at radius 1 is 1.21 bits per heavy atom. The molecule has 24 heavy (non-hydrogen) atoms. The Kier molecular flexibility index (Phi) is 3.70. The van der Waals surface area contributed by atoms with E-state index in [-0.39, 0.29) is 28.0 Å². The van der Waals surface area contributed by atoms with Crippen molar-refractivity contribution in [2.24, 2.45) is 0 Å². The molecule has 0 aliphatic rings. The first-order valence-electron chi connectivity index (χ1n) is 6.66. The second-order valence-corrected chi connectivity index (χ2v) is 4.80. The first-order valence-corrected chi connectivity index (χ1v) is 6.66. The lowest BCUT2D eigenvalue weighted by atomic mass is 10.0. The Labute approximate surface area is 132 Å². The molecule has 0 amide bonds. The molecule has 0 spiro atoms. The third-order valence-corrected chi connectivity index (χ3v) is 3.45. The second-order valence-electron chi connectivity index (χ2n) is 4.80. The number of benzene rings is 1. The maximum atomic E-state index is 13.4. The number of ether oxygens (including phenoxy) is 2. The van der Waals surface area contributed by atoms with Crippen LogP contribution in [0.2, 0.25) is 0 Å². The molecule has 9 heteroatoms. The highest BCUT2D eigenvalue weighted by atomic mass is 19.4. The third kappa shape index (κ3) is 2.38. The summed E-state index contributed by atoms with van der Waals surface area (Å²) in [5.74, 6) is -1.36. The van der Waals surface area contributed by atoms with Crippen molar-refractivity contribution in [3.63, 3.8) is 0 Å². The Morgan fingerprint density at radius 3 is 2.50 bits per heavy atom. The van der Waals surface area contributed by atoms with E-state index in [1.165, 1.54) is 32.5 Å². The number of rotatable bonds is 3. The highest BCUT2D eigenvalue weighted by Gasteiger charge is 2.40. The molecule has 126 valence electrons. The molecule has 0 saturated heterocycles. The molecule has 1 N–H and O–H groups in total. The summed E-state index contributed by atoms with van der Waals surface area (Å²) in [6, 6.07) is 2.75. The van der Waals surface area contributed by atoms with Crippen molar-refractivity contribution in [2.75, 3.05) is 14.2 Å². The van der Waals surface area contributed by atoms with Crippen LogP contribution in [0.5, 0.6) is 11.5 Å². The van der Waals surface area contributed by atoms with Gasteiger partial charge in [0, 0.05) is 11.8 Å². The van der Waals surface area contributed by atoms with Crippen molar-refractivity contribution in [3.8, 4) is 22.6 Å². The van der Waals surface area contributed by atoms with Gasteiger partial charge in [-0.1, -0.05) is 0 Å². The van der Waals surface area contributed by atoms with Crippen LogP contribution >= 0.6 is 0 Å². The summed E-state index contributed by atoms with van der Waals surface area (Å²) in [6.45, 7) is 0. The topological polar surface area (TPSA) is 77.4 Å². The van der Waals surface area contributed by atoms with Gasteiger partial charge < -0.3 is 13.9 Å². The predicted molar refractivity (Wildman–Crippen MR) is 78.2 cm³/mol. The minimum atomic E-state index is -4.88. The maximum absolute atomic E-state index is 13.4. The fourth-order valence-corrected chi connectivity index (χ4v) is 2.42. The molecule has 0 aliphatic heterocycles. The average Bonchev–Trinajstić information content (AvgIpc) is 3.06. The monoisotopic (exact) mass is 340 g/mol. The summed E-state index contributed by atoms with van der Waals surface area (Å²) in [5, 5.41) is 5.91. The first kappa shape index (κ1) is 15.9. The fraction of sp³-hybridized carbons (Fsp3) is 0.200. The van der Waals surface area contributed by atoms with Gasteiger partial charge in [0.1, 0.15) is 0 Å². The molecule has 1 aromatic carbocycles. The van der Waals surface area contributed by atoms with Crippen LogP contribution in [-0.2, 0) is 6.18 Å². The lowest BCUT2D eigenvalue weighted by molar-refractivity contribution is -0.152. The second kappa shape index (κ2) is 5.59. The van der Waals surface area contributed by atoms with Gasteiger partial charge in [0.15, 0.2) is 11.3 Å². The van der Waals surface area contributed by atoms with Gasteiger partial charge in [0.25, 0.3) is 0 Å². The highest BCUT2D eigenvalue weighted by molar-refractivity contribution is 5.89. The number of aromatic amines is 1. The number of H-pyrrole nitrogens is 1. The van der Waals surface area contributed by atoms with E-state index in [1.807, 2.05) is 0 Å². The van der Waals surface area contributed by atoms with E-state index in [4.69, 9.17) is 13.9 Å². The van der Waals surface area contributed by atoms with Crippen LogP contribution in [0.3, 0.4) is 0 Å². The van der Waals surface area contributed by atoms with E-state index in [1.54, 1.807) is 0 Å². The van der Waals surface area contributed by atoms with Crippen molar-refractivity contribution >= 4 is 11.0 Å². The van der Waals surface area contributed by atoms with Gasteiger partial charge in [-0.15, -0.1) is 0 Å². The number of hydrogen-bond acceptors (Lipinski definition) is 5. The Morgan fingerprint density at radius 2 is 1.96 bits per heavy atom. The molecule has 2 heterocycles. The molecule has 0 bridgehead atoms. The number of nitrogens with zero attached hydrogens (tertiary/aromatic N) is 1. The van der Waals surface area contributed by atoms with Crippen molar-refractivity contribution in [1.29, 1.82) is 0 Å². The van der Waals surface area contributed by atoms with Crippen LogP contribution in [0.25, 0.3) is 22.1 Å². The summed E-state index contributed by atoms with van der Waals surface area (Å²) < 4.78 is 55.4. The van der Waals surface area contributed by atoms with E-state index < -0.39 is 22.9 Å². The molecule has 0 unspecified atom stereocenters. The molecule has 2 aromatic heterocycles. The minimum absolute atomic E-state index is 0.0206.